The maximum absolute atomic E-state index is 5.91. The van der Waals surface area contributed by atoms with Gasteiger partial charge in [-0.3, -0.25) is 4.98 Å². The highest BCUT2D eigenvalue weighted by Gasteiger charge is 2.45. The average Bonchev–Trinajstić information content (AvgIpc) is 2.28. The number of ether oxygens (including phenoxy) is 1. The normalized spacial score (nSPS) is 34.7. The molecular formula is C11H14N2O. The van der Waals surface area contributed by atoms with Crippen molar-refractivity contribution in [1.82, 2.24) is 10.3 Å². The third-order valence-corrected chi connectivity index (χ3v) is 3.25. The molecule has 2 fully saturated rings. The van der Waals surface area contributed by atoms with E-state index >= 15 is 0 Å². The van der Waals surface area contributed by atoms with Gasteiger partial charge in [-0.2, -0.15) is 0 Å². The molecule has 1 saturated heterocycles. The molecule has 1 aliphatic carbocycles. The number of pyridine rings is 1. The van der Waals surface area contributed by atoms with Crippen LogP contribution in [0.4, 0.5) is 0 Å². The van der Waals surface area contributed by atoms with Gasteiger partial charge in [0.2, 0.25) is 0 Å². The van der Waals surface area contributed by atoms with Crippen LogP contribution in [0.2, 0.25) is 0 Å². The Bertz CT molecular complexity index is 300. The quantitative estimate of drug-likeness (QED) is 0.757. The minimum absolute atomic E-state index is 0.431. The van der Waals surface area contributed by atoms with Crippen LogP contribution in [-0.4, -0.2) is 24.2 Å². The summed E-state index contributed by atoms with van der Waals surface area (Å²) in [6.07, 6.45) is 5.33. The first-order valence-corrected chi connectivity index (χ1v) is 5.21. The Hall–Kier alpha value is -1.09. The SMILES string of the molecule is c1cncc(OC2[C@@H]3CNC[C@H]2C3)c1. The second-order valence-electron chi connectivity index (χ2n) is 4.19. The summed E-state index contributed by atoms with van der Waals surface area (Å²) in [5.41, 5.74) is 0. The lowest BCUT2D eigenvalue weighted by Crippen LogP contribution is -2.59. The van der Waals surface area contributed by atoms with Crippen LogP contribution < -0.4 is 10.1 Å². The lowest BCUT2D eigenvalue weighted by Gasteiger charge is -2.48. The van der Waals surface area contributed by atoms with E-state index in [1.807, 2.05) is 12.1 Å². The number of fused-ring (bicyclic) bond motifs is 2. The number of rotatable bonds is 2. The van der Waals surface area contributed by atoms with Crippen LogP contribution in [0.5, 0.6) is 5.75 Å². The molecule has 1 unspecified atom stereocenters. The summed E-state index contributed by atoms with van der Waals surface area (Å²) >= 11 is 0. The molecule has 1 aromatic heterocycles. The number of nitrogens with one attached hydrogen (secondary N) is 1. The van der Waals surface area contributed by atoms with Gasteiger partial charge in [-0.15, -0.1) is 0 Å². The second-order valence-corrected chi connectivity index (χ2v) is 4.19. The largest absolute Gasteiger partial charge is 0.488 e. The zero-order valence-corrected chi connectivity index (χ0v) is 8.02. The van der Waals surface area contributed by atoms with Crippen molar-refractivity contribution in [2.75, 3.05) is 13.1 Å². The molecule has 0 aromatic carbocycles. The Morgan fingerprint density at radius 2 is 2.21 bits per heavy atom. The molecule has 3 nitrogen and oxygen atoms in total. The van der Waals surface area contributed by atoms with Crippen molar-refractivity contribution >= 4 is 0 Å². The summed E-state index contributed by atoms with van der Waals surface area (Å²) in [7, 11) is 0. The molecule has 14 heavy (non-hydrogen) atoms. The van der Waals surface area contributed by atoms with Gasteiger partial charge in [0.15, 0.2) is 0 Å². The lowest BCUT2D eigenvalue weighted by atomic mass is 9.69. The van der Waals surface area contributed by atoms with Gasteiger partial charge in [0.25, 0.3) is 0 Å². The van der Waals surface area contributed by atoms with Crippen molar-refractivity contribution in [1.29, 1.82) is 0 Å². The topological polar surface area (TPSA) is 34.1 Å². The Morgan fingerprint density at radius 1 is 1.36 bits per heavy atom. The van der Waals surface area contributed by atoms with E-state index in [0.717, 1.165) is 18.8 Å². The van der Waals surface area contributed by atoms with E-state index in [0.29, 0.717) is 17.9 Å². The summed E-state index contributed by atoms with van der Waals surface area (Å²) < 4.78 is 5.91. The van der Waals surface area contributed by atoms with Gasteiger partial charge in [-0.1, -0.05) is 0 Å². The van der Waals surface area contributed by atoms with Crippen molar-refractivity contribution in [3.63, 3.8) is 0 Å². The molecule has 2 aliphatic rings. The van der Waals surface area contributed by atoms with Crippen LogP contribution >= 0.6 is 0 Å². The summed E-state index contributed by atoms with van der Waals surface area (Å²) in [6, 6.07) is 3.90. The van der Waals surface area contributed by atoms with E-state index in [1.54, 1.807) is 12.4 Å². The molecule has 2 heterocycles. The fourth-order valence-electron chi connectivity index (χ4n) is 2.47. The lowest BCUT2D eigenvalue weighted by molar-refractivity contribution is -0.0447. The highest BCUT2D eigenvalue weighted by Crippen LogP contribution is 2.39. The van der Waals surface area contributed by atoms with Gasteiger partial charge in [0.05, 0.1) is 6.20 Å². The van der Waals surface area contributed by atoms with E-state index in [2.05, 4.69) is 10.3 Å². The van der Waals surface area contributed by atoms with Crippen molar-refractivity contribution in [2.45, 2.75) is 12.5 Å². The Morgan fingerprint density at radius 3 is 2.86 bits per heavy atom. The maximum Gasteiger partial charge on any atom is 0.138 e. The van der Waals surface area contributed by atoms with Gasteiger partial charge in [-0.05, 0) is 18.6 Å². The third kappa shape index (κ3) is 1.28. The van der Waals surface area contributed by atoms with Gasteiger partial charge < -0.3 is 10.1 Å². The monoisotopic (exact) mass is 190 g/mol. The second kappa shape index (κ2) is 3.24. The number of aromatic nitrogens is 1. The Labute approximate surface area is 83.5 Å². The molecule has 1 aromatic rings. The molecule has 1 aliphatic heterocycles. The van der Waals surface area contributed by atoms with E-state index in [9.17, 15) is 0 Å². The van der Waals surface area contributed by atoms with E-state index in [1.165, 1.54) is 6.42 Å². The first-order valence-electron chi connectivity index (χ1n) is 5.21. The fraction of sp³-hybridized carbons (Fsp3) is 0.545. The van der Waals surface area contributed by atoms with Crippen LogP contribution in [0, 0.1) is 11.8 Å². The molecule has 3 rings (SSSR count). The molecule has 3 heteroatoms. The first kappa shape index (κ1) is 8.24. The van der Waals surface area contributed by atoms with Crippen molar-refractivity contribution in [3.8, 4) is 5.75 Å². The summed E-state index contributed by atoms with van der Waals surface area (Å²) in [6.45, 7) is 2.23. The number of nitrogens with zero attached hydrogens (tertiary/aromatic N) is 1. The fourth-order valence-corrected chi connectivity index (χ4v) is 2.47. The van der Waals surface area contributed by atoms with Gasteiger partial charge in [0, 0.05) is 31.1 Å². The van der Waals surface area contributed by atoms with Crippen LogP contribution in [0.25, 0.3) is 0 Å². The average molecular weight is 190 g/mol. The first-order chi connectivity index (χ1) is 6.93. The standard InChI is InChI=1S/C11H14N2O/c1-2-10(7-12-3-1)14-11-8-4-9(11)6-13-5-8/h1-3,7-9,11,13H,4-6H2/t8-,9+,11?. The third-order valence-electron chi connectivity index (χ3n) is 3.25. The Balaban J connectivity index is 1.68. The molecule has 0 amide bonds. The molecule has 1 N–H and O–H groups in total. The summed E-state index contributed by atoms with van der Waals surface area (Å²) in [4.78, 5) is 4.05. The number of piperidine rings is 2. The molecule has 0 spiro atoms. The summed E-state index contributed by atoms with van der Waals surface area (Å²) in [5, 5.41) is 3.40. The smallest absolute Gasteiger partial charge is 0.138 e. The molecule has 74 valence electrons. The zero-order valence-electron chi connectivity index (χ0n) is 8.02. The number of hydrogen-bond donors (Lipinski definition) is 1. The van der Waals surface area contributed by atoms with E-state index in [-0.39, 0.29) is 0 Å². The maximum atomic E-state index is 5.91. The zero-order chi connectivity index (χ0) is 9.38. The van der Waals surface area contributed by atoms with E-state index < -0.39 is 0 Å². The van der Waals surface area contributed by atoms with Crippen LogP contribution in [0.15, 0.2) is 24.5 Å². The highest BCUT2D eigenvalue weighted by molar-refractivity contribution is 5.17. The van der Waals surface area contributed by atoms with Crippen LogP contribution in [0.1, 0.15) is 6.42 Å². The van der Waals surface area contributed by atoms with Gasteiger partial charge in [0.1, 0.15) is 11.9 Å². The molecule has 0 radical (unpaired) electrons. The number of hydrogen-bond acceptors (Lipinski definition) is 3. The highest BCUT2D eigenvalue weighted by atomic mass is 16.5. The molecule has 3 atom stereocenters. The predicted octanol–water partition coefficient (Wildman–Crippen LogP) is 1.07. The molecule has 2 bridgehead atoms. The minimum atomic E-state index is 0.431. The van der Waals surface area contributed by atoms with Gasteiger partial charge >= 0.3 is 0 Å². The van der Waals surface area contributed by atoms with Crippen molar-refractivity contribution < 1.29 is 4.74 Å². The van der Waals surface area contributed by atoms with Crippen LogP contribution in [-0.2, 0) is 0 Å². The van der Waals surface area contributed by atoms with Crippen molar-refractivity contribution in [2.24, 2.45) is 11.8 Å². The molecular weight excluding hydrogens is 176 g/mol. The predicted molar refractivity (Wildman–Crippen MR) is 53.1 cm³/mol. The Kier molecular flexibility index (Phi) is 1.91. The molecule has 1 saturated carbocycles. The van der Waals surface area contributed by atoms with Crippen molar-refractivity contribution in [3.05, 3.63) is 24.5 Å². The van der Waals surface area contributed by atoms with Crippen LogP contribution in [0.3, 0.4) is 0 Å². The minimum Gasteiger partial charge on any atom is -0.488 e. The summed E-state index contributed by atoms with van der Waals surface area (Å²) in [5.74, 6) is 2.34. The van der Waals surface area contributed by atoms with Gasteiger partial charge in [-0.25, -0.2) is 0 Å². The van der Waals surface area contributed by atoms with E-state index in [4.69, 9.17) is 4.74 Å².